The minimum Gasteiger partial charge on any atom is -0.510 e. The zero-order chi connectivity index (χ0) is 44.8. The van der Waals surface area contributed by atoms with Crippen LogP contribution in [0.15, 0.2) is 201 Å². The Bertz CT molecular complexity index is 4050. The third-order valence-electron chi connectivity index (χ3n) is 13.0. The molecule has 8 heteroatoms. The van der Waals surface area contributed by atoms with Gasteiger partial charge >= 0.3 is 0 Å². The molecule has 0 atom stereocenters. The van der Waals surface area contributed by atoms with Gasteiger partial charge in [-0.1, -0.05) is 123 Å². The van der Waals surface area contributed by atoms with Gasteiger partial charge < -0.3 is 23.0 Å². The number of ether oxygens (including phenoxy) is 1. The summed E-state index contributed by atoms with van der Waals surface area (Å²) >= 11 is 0. The summed E-state index contributed by atoms with van der Waals surface area (Å²) in [5.41, 5.74) is 11.4. The molecule has 5 heterocycles. The Morgan fingerprint density at radius 1 is 0.515 bits per heavy atom. The van der Waals surface area contributed by atoms with Crippen LogP contribution in [0.25, 0.3) is 94.0 Å². The van der Waals surface area contributed by atoms with Crippen molar-refractivity contribution in [1.82, 2.24) is 23.3 Å². The summed E-state index contributed by atoms with van der Waals surface area (Å²) in [5.74, 6) is 1.93. The molecule has 0 saturated heterocycles. The molecule has 0 radical (unpaired) electrons. The van der Waals surface area contributed by atoms with Crippen LogP contribution >= 0.6 is 0 Å². The van der Waals surface area contributed by atoms with Crippen LogP contribution in [0.3, 0.4) is 0 Å². The van der Waals surface area contributed by atoms with E-state index in [-0.39, 0.29) is 26.5 Å². The van der Waals surface area contributed by atoms with Crippen LogP contribution in [0.5, 0.6) is 11.5 Å². The number of imidazole rings is 1. The maximum Gasteiger partial charge on any atom is 0.267 e. The van der Waals surface area contributed by atoms with E-state index in [1.807, 2.05) is 70.2 Å². The fourth-order valence-electron chi connectivity index (χ4n) is 10.0. The van der Waals surface area contributed by atoms with E-state index in [4.69, 9.17) is 9.72 Å². The third kappa shape index (κ3) is 6.52. The maximum absolute atomic E-state index is 6.77. The first kappa shape index (κ1) is 41.4. The number of hydrogen-bond acceptors (Lipinski definition) is 2. The Balaban J connectivity index is 0.00000480. The van der Waals surface area contributed by atoms with Crippen LogP contribution in [-0.2, 0) is 26.5 Å². The van der Waals surface area contributed by atoms with E-state index in [2.05, 4.69) is 192 Å². The first-order valence-electron chi connectivity index (χ1n) is 22.6. The van der Waals surface area contributed by atoms with Gasteiger partial charge in [0.05, 0.1) is 33.3 Å². The van der Waals surface area contributed by atoms with Crippen molar-refractivity contribution in [3.8, 4) is 40.1 Å². The average molecular weight is 1060 g/mol. The van der Waals surface area contributed by atoms with E-state index in [1.54, 1.807) is 0 Å². The molecule has 330 valence electrons. The summed E-state index contributed by atoms with van der Waals surface area (Å²) < 4.78 is 17.9. The molecular formula is C60H42N6OPt-2. The molecule has 5 aromatic heterocycles. The van der Waals surface area contributed by atoms with E-state index in [0.717, 1.165) is 72.4 Å². The van der Waals surface area contributed by atoms with E-state index >= 15 is 0 Å². The van der Waals surface area contributed by atoms with Crippen LogP contribution in [-0.4, -0.2) is 23.3 Å². The second-order valence-corrected chi connectivity index (χ2v) is 18.1. The van der Waals surface area contributed by atoms with Crippen molar-refractivity contribution in [2.45, 2.75) is 26.2 Å². The van der Waals surface area contributed by atoms with Crippen LogP contribution in [0.2, 0.25) is 0 Å². The van der Waals surface area contributed by atoms with Gasteiger partial charge in [-0.15, -0.1) is 24.3 Å². The van der Waals surface area contributed by atoms with Crippen molar-refractivity contribution in [3.63, 3.8) is 0 Å². The molecule has 0 aliphatic carbocycles. The fraction of sp³-hybridized carbons (Fsp3) is 0.0667. The molecule has 0 spiro atoms. The Morgan fingerprint density at radius 2 is 1.09 bits per heavy atom. The minimum atomic E-state index is -0.131. The van der Waals surface area contributed by atoms with Gasteiger partial charge in [-0.3, -0.25) is 4.57 Å². The van der Waals surface area contributed by atoms with Gasteiger partial charge in [0.2, 0.25) is 0 Å². The molecule has 0 aliphatic heterocycles. The summed E-state index contributed by atoms with van der Waals surface area (Å²) in [7, 11) is 0. The monoisotopic (exact) mass is 1060 g/mol. The standard InChI is InChI=1S/C60H42N6O.Pt/c1-60(2,3)40-32-33-61-53(36-40)66-52-38-46(67-45-25-17-24-44(37-45)63-35-34-62(39-63)41-18-7-4-8-19-41)30-31-49(52)56-57-54(47-26-13-15-28-50(47)64(57)42-20-9-5-10-21-42)55-48-27-14-16-29-51(48)65(58(55)59(56)66)43-22-11-6-12-23-43;/h4-36H,1-3H3;/q-2;. The van der Waals surface area contributed by atoms with E-state index in [1.165, 1.54) is 27.1 Å². The number of benzene rings is 8. The van der Waals surface area contributed by atoms with Crippen molar-refractivity contribution < 1.29 is 30.4 Å². The molecular weight excluding hydrogens is 1020 g/mol. The predicted octanol–water partition coefficient (Wildman–Crippen LogP) is 13.9. The fourth-order valence-corrected chi connectivity index (χ4v) is 10.0. The van der Waals surface area contributed by atoms with Gasteiger partial charge in [0.25, 0.3) is 6.33 Å². The van der Waals surface area contributed by atoms with Gasteiger partial charge in [-0.2, -0.15) is 18.2 Å². The molecule has 0 N–H and O–H groups in total. The number of rotatable bonds is 7. The van der Waals surface area contributed by atoms with Crippen molar-refractivity contribution in [3.05, 3.63) is 225 Å². The van der Waals surface area contributed by atoms with Gasteiger partial charge in [0.1, 0.15) is 5.82 Å². The number of fused-ring (bicyclic) bond motifs is 12. The SMILES string of the molecule is CC(C)(C)c1ccnc(-n2c3[c-]c(Oc4[c-]c(-[n+]5[c-]n(-c6ccccc6)cc5)ccc4)ccc3c3c2c2c(c4ccccc4n2-c2ccccc2)c2c4ccccc4n(-c4ccccc4)c23)c1.[Pt]. The molecule has 7 nitrogen and oxygen atoms in total. The topological polar surface area (TPSA) is 45.7 Å². The predicted molar refractivity (Wildman–Crippen MR) is 270 cm³/mol. The first-order chi connectivity index (χ1) is 32.9. The average Bonchev–Trinajstić information content (AvgIpc) is 4.15. The Morgan fingerprint density at radius 3 is 1.75 bits per heavy atom. The Kier molecular flexibility index (Phi) is 9.82. The molecule has 0 amide bonds. The van der Waals surface area contributed by atoms with Crippen LogP contribution in [0, 0.1) is 18.5 Å². The number of hydrogen-bond donors (Lipinski definition) is 0. The molecule has 8 aromatic carbocycles. The molecule has 0 unspecified atom stereocenters. The Hall–Kier alpha value is -7.99. The summed E-state index contributed by atoms with van der Waals surface area (Å²) in [6, 6.07) is 71.2. The summed E-state index contributed by atoms with van der Waals surface area (Å²) in [5, 5.41) is 6.88. The van der Waals surface area contributed by atoms with E-state index in [9.17, 15) is 0 Å². The summed E-state index contributed by atoms with van der Waals surface area (Å²) in [6.07, 6.45) is 9.33. The number of para-hydroxylation sites is 5. The normalized spacial score (nSPS) is 11.9. The minimum absolute atomic E-state index is 0. The zero-order valence-electron chi connectivity index (χ0n) is 37.5. The second-order valence-electron chi connectivity index (χ2n) is 18.1. The molecule has 13 rings (SSSR count). The van der Waals surface area contributed by atoms with Crippen molar-refractivity contribution >= 4 is 65.4 Å². The summed E-state index contributed by atoms with van der Waals surface area (Å²) in [4.78, 5) is 5.22. The van der Waals surface area contributed by atoms with Gasteiger partial charge in [-0.05, 0) is 82.7 Å². The molecule has 0 aliphatic rings. The van der Waals surface area contributed by atoms with E-state index in [0.29, 0.717) is 11.5 Å². The summed E-state index contributed by atoms with van der Waals surface area (Å²) in [6.45, 7) is 6.75. The third-order valence-corrected chi connectivity index (χ3v) is 13.0. The van der Waals surface area contributed by atoms with Gasteiger partial charge in [0.15, 0.2) is 0 Å². The number of pyridine rings is 1. The molecule has 0 fully saturated rings. The second kappa shape index (κ2) is 16.1. The first-order valence-corrected chi connectivity index (χ1v) is 22.6. The zero-order valence-corrected chi connectivity index (χ0v) is 39.7. The van der Waals surface area contributed by atoms with Crippen molar-refractivity contribution in [2.75, 3.05) is 0 Å². The quantitative estimate of drug-likeness (QED) is 0.118. The van der Waals surface area contributed by atoms with Crippen LogP contribution in [0.1, 0.15) is 26.3 Å². The maximum atomic E-state index is 6.77. The largest absolute Gasteiger partial charge is 0.510 e. The van der Waals surface area contributed by atoms with Gasteiger partial charge in [0, 0.05) is 84.1 Å². The van der Waals surface area contributed by atoms with E-state index < -0.39 is 0 Å². The Labute approximate surface area is 407 Å². The molecule has 13 aromatic rings. The smallest absolute Gasteiger partial charge is 0.267 e. The number of nitrogens with zero attached hydrogens (tertiary/aromatic N) is 6. The van der Waals surface area contributed by atoms with Crippen LogP contribution in [0.4, 0.5) is 0 Å². The molecule has 0 saturated carbocycles. The van der Waals surface area contributed by atoms with Crippen LogP contribution < -0.4 is 9.30 Å². The number of aromatic nitrogens is 6. The van der Waals surface area contributed by atoms with Gasteiger partial charge in [-0.25, -0.2) is 4.98 Å². The molecule has 0 bridgehead atoms. The molecule has 68 heavy (non-hydrogen) atoms. The van der Waals surface area contributed by atoms with Crippen molar-refractivity contribution in [1.29, 1.82) is 0 Å². The van der Waals surface area contributed by atoms with Crippen molar-refractivity contribution in [2.24, 2.45) is 0 Å².